The molecule has 1 amide bonds. The van der Waals surface area contributed by atoms with Gasteiger partial charge in [-0.05, 0) is 113 Å². The minimum atomic E-state index is -0.612. The minimum absolute atomic E-state index is 0.111. The van der Waals surface area contributed by atoms with Crippen LogP contribution in [0.15, 0.2) is 91.5 Å². The molecule has 6 nitrogen and oxygen atoms in total. The first kappa shape index (κ1) is 31.7. The third-order valence-electron chi connectivity index (χ3n) is 8.35. The lowest BCUT2D eigenvalue weighted by Crippen LogP contribution is -2.27. The Morgan fingerprint density at radius 1 is 1.07 bits per heavy atom. The molecule has 232 valence electrons. The SMILES string of the molecule is C=CC=C(C(=C)c1ccc(Cn2c(C)c(C)c3cc(C(=O)NC(C)c4cccc(C5CC5)n4)ccc32)cc1)C(=O)OC(C)(C)C. The number of rotatable bonds is 10. The van der Waals surface area contributed by atoms with Crippen LogP contribution in [0.5, 0.6) is 0 Å². The largest absolute Gasteiger partial charge is 0.456 e. The molecule has 2 aromatic heterocycles. The molecule has 45 heavy (non-hydrogen) atoms. The standard InChI is InChI=1S/C39H43N3O3/c1-9-11-32(38(44)45-39(6,7)8)25(3)29-16-14-28(15-17-29)23-42-27(5)24(2)33-22-31(20-21-36(33)42)37(43)40-26(4)34-12-10-13-35(41-34)30-18-19-30/h9-17,20-22,26,30H,1,3,18-19,23H2,2,4-8H3,(H,40,43). The topological polar surface area (TPSA) is 73.2 Å². The van der Waals surface area contributed by atoms with E-state index in [2.05, 4.69) is 55.1 Å². The Balaban J connectivity index is 1.32. The van der Waals surface area contributed by atoms with E-state index >= 15 is 0 Å². The maximum Gasteiger partial charge on any atom is 0.339 e. The predicted octanol–water partition coefficient (Wildman–Crippen LogP) is 8.54. The number of esters is 1. The van der Waals surface area contributed by atoms with Crippen molar-refractivity contribution in [2.75, 3.05) is 0 Å². The van der Waals surface area contributed by atoms with Gasteiger partial charge in [0, 0.05) is 40.3 Å². The molecule has 0 saturated heterocycles. The predicted molar refractivity (Wildman–Crippen MR) is 182 cm³/mol. The fourth-order valence-corrected chi connectivity index (χ4v) is 5.56. The Morgan fingerprint density at radius 3 is 2.40 bits per heavy atom. The smallest absolute Gasteiger partial charge is 0.339 e. The second-order valence-electron chi connectivity index (χ2n) is 13.0. The molecule has 0 aliphatic heterocycles. The third kappa shape index (κ3) is 7.17. The zero-order valence-corrected chi connectivity index (χ0v) is 27.2. The molecular formula is C39H43N3O3. The highest BCUT2D eigenvalue weighted by atomic mass is 16.6. The van der Waals surface area contributed by atoms with Crippen molar-refractivity contribution in [1.82, 2.24) is 14.9 Å². The molecule has 1 fully saturated rings. The first-order chi connectivity index (χ1) is 21.4. The zero-order valence-electron chi connectivity index (χ0n) is 27.2. The van der Waals surface area contributed by atoms with Gasteiger partial charge in [-0.2, -0.15) is 0 Å². The minimum Gasteiger partial charge on any atom is -0.456 e. The van der Waals surface area contributed by atoms with Gasteiger partial charge >= 0.3 is 5.97 Å². The van der Waals surface area contributed by atoms with Crippen molar-refractivity contribution < 1.29 is 14.3 Å². The third-order valence-corrected chi connectivity index (χ3v) is 8.35. The van der Waals surface area contributed by atoms with Crippen molar-refractivity contribution in [2.45, 2.75) is 78.5 Å². The molecule has 4 aromatic rings. The molecule has 0 bridgehead atoms. The highest BCUT2D eigenvalue weighted by molar-refractivity contribution is 6.06. The zero-order chi connectivity index (χ0) is 32.5. The van der Waals surface area contributed by atoms with Crippen LogP contribution in [0, 0.1) is 13.8 Å². The van der Waals surface area contributed by atoms with E-state index in [1.165, 1.54) is 12.8 Å². The van der Waals surface area contributed by atoms with Crippen LogP contribution in [0.4, 0.5) is 0 Å². The highest BCUT2D eigenvalue weighted by Crippen LogP contribution is 2.39. The lowest BCUT2D eigenvalue weighted by Gasteiger charge is -2.21. The van der Waals surface area contributed by atoms with Crippen molar-refractivity contribution in [3.05, 3.63) is 131 Å². The van der Waals surface area contributed by atoms with Gasteiger partial charge in [0.05, 0.1) is 17.3 Å². The number of nitrogens with zero attached hydrogens (tertiary/aromatic N) is 2. The lowest BCUT2D eigenvalue weighted by molar-refractivity contribution is -0.149. The molecule has 2 heterocycles. The van der Waals surface area contributed by atoms with Crippen LogP contribution in [0.1, 0.15) is 96.6 Å². The number of allylic oxidation sites excluding steroid dienone is 2. The van der Waals surface area contributed by atoms with Crippen LogP contribution < -0.4 is 5.32 Å². The van der Waals surface area contributed by atoms with Gasteiger partial charge in [0.1, 0.15) is 5.60 Å². The molecule has 0 spiro atoms. The summed E-state index contributed by atoms with van der Waals surface area (Å²) >= 11 is 0. The van der Waals surface area contributed by atoms with E-state index in [9.17, 15) is 9.59 Å². The molecule has 1 atom stereocenters. The van der Waals surface area contributed by atoms with Gasteiger partial charge in [0.15, 0.2) is 0 Å². The van der Waals surface area contributed by atoms with Crippen molar-refractivity contribution in [1.29, 1.82) is 0 Å². The average molecular weight is 602 g/mol. The number of hydrogen-bond acceptors (Lipinski definition) is 4. The Labute approximate surface area is 266 Å². The highest BCUT2D eigenvalue weighted by Gasteiger charge is 2.26. The van der Waals surface area contributed by atoms with Crippen LogP contribution in [0.3, 0.4) is 0 Å². The van der Waals surface area contributed by atoms with E-state index in [4.69, 9.17) is 9.72 Å². The molecular weight excluding hydrogens is 558 g/mol. The first-order valence-electron chi connectivity index (χ1n) is 15.6. The van der Waals surface area contributed by atoms with Gasteiger partial charge in [0.25, 0.3) is 5.91 Å². The number of ether oxygens (including phenoxy) is 1. The van der Waals surface area contributed by atoms with Gasteiger partial charge in [-0.15, -0.1) is 0 Å². The molecule has 5 rings (SSSR count). The van der Waals surface area contributed by atoms with Crippen molar-refractivity contribution in [2.24, 2.45) is 0 Å². The Morgan fingerprint density at radius 2 is 1.76 bits per heavy atom. The summed E-state index contributed by atoms with van der Waals surface area (Å²) in [5.74, 6) is 0.0302. The van der Waals surface area contributed by atoms with Crippen molar-refractivity contribution in [3.8, 4) is 0 Å². The van der Waals surface area contributed by atoms with Crippen LogP contribution >= 0.6 is 0 Å². The molecule has 0 radical (unpaired) electrons. The van der Waals surface area contributed by atoms with Gasteiger partial charge in [-0.25, -0.2) is 4.79 Å². The van der Waals surface area contributed by atoms with E-state index in [1.807, 2.05) is 70.2 Å². The second-order valence-corrected chi connectivity index (χ2v) is 13.0. The number of carbonyl (C=O) groups is 2. The Hall–Kier alpha value is -4.71. The summed E-state index contributed by atoms with van der Waals surface area (Å²) in [6, 6.07) is 19.9. The number of pyridine rings is 1. The summed E-state index contributed by atoms with van der Waals surface area (Å²) in [5, 5.41) is 4.20. The fraction of sp³-hybridized carbons (Fsp3) is 0.308. The van der Waals surface area contributed by atoms with E-state index in [-0.39, 0.29) is 11.9 Å². The van der Waals surface area contributed by atoms with Gasteiger partial charge in [-0.1, -0.05) is 49.6 Å². The van der Waals surface area contributed by atoms with E-state index in [1.54, 1.807) is 12.2 Å². The molecule has 1 aliphatic carbocycles. The molecule has 1 saturated carbocycles. The van der Waals surface area contributed by atoms with Gasteiger partial charge in [0.2, 0.25) is 0 Å². The monoisotopic (exact) mass is 601 g/mol. The first-order valence-corrected chi connectivity index (χ1v) is 15.6. The summed E-state index contributed by atoms with van der Waals surface area (Å²) in [6.07, 6.45) is 5.60. The maximum absolute atomic E-state index is 13.3. The van der Waals surface area contributed by atoms with Gasteiger partial charge in [-0.3, -0.25) is 9.78 Å². The molecule has 1 unspecified atom stereocenters. The van der Waals surface area contributed by atoms with Crippen LogP contribution in [-0.4, -0.2) is 27.0 Å². The average Bonchev–Trinajstić information content (AvgIpc) is 3.83. The number of aromatic nitrogens is 2. The summed E-state index contributed by atoms with van der Waals surface area (Å²) < 4.78 is 7.86. The molecule has 6 heteroatoms. The molecule has 1 aliphatic rings. The summed E-state index contributed by atoms with van der Waals surface area (Å²) in [7, 11) is 0. The summed E-state index contributed by atoms with van der Waals surface area (Å²) in [4.78, 5) is 30.9. The van der Waals surface area contributed by atoms with E-state index < -0.39 is 11.6 Å². The Kier molecular flexibility index (Phi) is 8.96. The summed E-state index contributed by atoms with van der Waals surface area (Å²) in [5.41, 5.74) is 8.30. The number of amides is 1. The normalized spacial score (nSPS) is 14.2. The van der Waals surface area contributed by atoms with Crippen molar-refractivity contribution in [3.63, 3.8) is 0 Å². The van der Waals surface area contributed by atoms with Gasteiger partial charge < -0.3 is 14.6 Å². The number of nitrogens with one attached hydrogen (secondary N) is 1. The number of hydrogen-bond donors (Lipinski definition) is 1. The number of fused-ring (bicyclic) bond motifs is 1. The van der Waals surface area contributed by atoms with Crippen molar-refractivity contribution >= 4 is 28.4 Å². The van der Waals surface area contributed by atoms with Crippen LogP contribution in [-0.2, 0) is 16.1 Å². The summed E-state index contributed by atoms with van der Waals surface area (Å²) in [6.45, 7) is 20.3. The molecule has 2 aromatic carbocycles. The number of benzene rings is 2. The van der Waals surface area contributed by atoms with E-state index in [0.717, 1.165) is 44.7 Å². The van der Waals surface area contributed by atoms with E-state index in [0.29, 0.717) is 29.2 Å². The fourth-order valence-electron chi connectivity index (χ4n) is 5.56. The lowest BCUT2D eigenvalue weighted by atomic mass is 9.97. The number of carbonyl (C=O) groups excluding carboxylic acids is 2. The Bertz CT molecular complexity index is 1810. The van der Waals surface area contributed by atoms with Crippen LogP contribution in [0.2, 0.25) is 0 Å². The second kappa shape index (κ2) is 12.7. The number of aryl methyl sites for hydroxylation is 1. The maximum atomic E-state index is 13.3. The molecule has 1 N–H and O–H groups in total. The quantitative estimate of drug-likeness (QED) is 0.112. The van der Waals surface area contributed by atoms with Crippen LogP contribution in [0.25, 0.3) is 16.5 Å².